The molecule has 0 unspecified atom stereocenters. The van der Waals surface area contributed by atoms with Crippen molar-refractivity contribution in [1.82, 2.24) is 19.7 Å². The number of aromatic nitrogens is 3. The number of nitrogens with zero attached hydrogens (tertiary/aromatic N) is 5. The minimum atomic E-state index is 0.0455. The van der Waals surface area contributed by atoms with Crippen LogP contribution >= 0.6 is 22.9 Å². The minimum Gasteiger partial charge on any atom is -0.346 e. The van der Waals surface area contributed by atoms with Crippen LogP contribution in [0.4, 0.5) is 5.13 Å². The van der Waals surface area contributed by atoms with Crippen molar-refractivity contribution < 1.29 is 4.79 Å². The van der Waals surface area contributed by atoms with Crippen LogP contribution in [0.25, 0.3) is 5.69 Å². The van der Waals surface area contributed by atoms with Crippen LogP contribution in [0.5, 0.6) is 0 Å². The van der Waals surface area contributed by atoms with Crippen molar-refractivity contribution in [1.29, 1.82) is 0 Å². The first-order chi connectivity index (χ1) is 14.4. The fourth-order valence-electron chi connectivity index (χ4n) is 3.86. The quantitative estimate of drug-likeness (QED) is 0.583. The summed E-state index contributed by atoms with van der Waals surface area (Å²) in [6.07, 6.45) is 2.62. The molecular weight excluding hydrogens is 418 g/mol. The molecule has 8 heteroatoms. The number of carbonyl (C=O) groups is 1. The van der Waals surface area contributed by atoms with Crippen molar-refractivity contribution in [3.63, 3.8) is 0 Å². The Labute approximate surface area is 186 Å². The molecule has 3 aromatic rings. The van der Waals surface area contributed by atoms with Gasteiger partial charge in [-0.2, -0.15) is 5.10 Å². The van der Waals surface area contributed by atoms with Gasteiger partial charge in [0.15, 0.2) is 5.13 Å². The number of benzene rings is 1. The van der Waals surface area contributed by atoms with Crippen molar-refractivity contribution in [2.24, 2.45) is 0 Å². The van der Waals surface area contributed by atoms with E-state index in [1.165, 1.54) is 0 Å². The van der Waals surface area contributed by atoms with E-state index < -0.39 is 0 Å². The summed E-state index contributed by atoms with van der Waals surface area (Å²) >= 11 is 7.84. The summed E-state index contributed by atoms with van der Waals surface area (Å²) in [4.78, 5) is 22.3. The van der Waals surface area contributed by atoms with Gasteiger partial charge in [0, 0.05) is 36.6 Å². The van der Waals surface area contributed by atoms with Crippen molar-refractivity contribution in [2.75, 3.05) is 31.1 Å². The Morgan fingerprint density at radius 1 is 1.20 bits per heavy atom. The first kappa shape index (κ1) is 20.9. The average molecular weight is 444 g/mol. The van der Waals surface area contributed by atoms with Crippen LogP contribution in [0.1, 0.15) is 47.9 Å². The first-order valence-electron chi connectivity index (χ1n) is 10.2. The number of hydrogen-bond acceptors (Lipinski definition) is 5. The molecule has 1 aliphatic rings. The highest BCUT2D eigenvalue weighted by atomic mass is 35.5. The van der Waals surface area contributed by atoms with Crippen LogP contribution in [0.15, 0.2) is 35.8 Å². The third-order valence-electron chi connectivity index (χ3n) is 5.30. The number of thiazole rings is 1. The van der Waals surface area contributed by atoms with E-state index in [1.807, 2.05) is 40.8 Å². The lowest BCUT2D eigenvalue weighted by Gasteiger charge is -2.22. The first-order valence-corrected chi connectivity index (χ1v) is 11.5. The highest BCUT2D eigenvalue weighted by Gasteiger charge is 2.27. The predicted molar refractivity (Wildman–Crippen MR) is 122 cm³/mol. The van der Waals surface area contributed by atoms with Gasteiger partial charge in [-0.3, -0.25) is 4.79 Å². The van der Waals surface area contributed by atoms with Gasteiger partial charge in [0.1, 0.15) is 0 Å². The topological polar surface area (TPSA) is 54.3 Å². The Bertz CT molecular complexity index is 1040. The van der Waals surface area contributed by atoms with E-state index >= 15 is 0 Å². The second-order valence-electron chi connectivity index (χ2n) is 7.89. The standard InChI is InChI=1S/C22H26ClN5OS/c1-15(2)20-19(13-24-28(20)18-7-4-6-17(23)12-18)21(29)26-8-5-9-27(11-10-26)22-25-16(3)14-30-22/h4,6-7,12-15H,5,8-11H2,1-3H3. The van der Waals surface area contributed by atoms with Crippen LogP contribution < -0.4 is 4.90 Å². The van der Waals surface area contributed by atoms with Crippen molar-refractivity contribution >= 4 is 34.0 Å². The maximum Gasteiger partial charge on any atom is 0.257 e. The lowest BCUT2D eigenvalue weighted by Crippen LogP contribution is -2.35. The second-order valence-corrected chi connectivity index (χ2v) is 9.17. The fourth-order valence-corrected chi connectivity index (χ4v) is 4.90. The van der Waals surface area contributed by atoms with Gasteiger partial charge in [0.05, 0.1) is 28.8 Å². The molecule has 3 heterocycles. The van der Waals surface area contributed by atoms with Crippen molar-refractivity contribution in [3.8, 4) is 5.69 Å². The smallest absolute Gasteiger partial charge is 0.257 e. The molecule has 1 aliphatic heterocycles. The Kier molecular flexibility index (Phi) is 6.11. The molecule has 30 heavy (non-hydrogen) atoms. The number of anilines is 1. The zero-order valence-electron chi connectivity index (χ0n) is 17.5. The molecule has 0 bridgehead atoms. The Balaban J connectivity index is 1.57. The van der Waals surface area contributed by atoms with E-state index in [1.54, 1.807) is 17.5 Å². The fraction of sp³-hybridized carbons (Fsp3) is 0.409. The third-order valence-corrected chi connectivity index (χ3v) is 6.55. The maximum atomic E-state index is 13.5. The molecule has 1 saturated heterocycles. The normalized spacial score (nSPS) is 15.0. The molecule has 4 rings (SSSR count). The van der Waals surface area contributed by atoms with Gasteiger partial charge in [-0.05, 0) is 37.5 Å². The van der Waals surface area contributed by atoms with Gasteiger partial charge in [-0.25, -0.2) is 9.67 Å². The molecule has 0 aliphatic carbocycles. The molecule has 6 nitrogen and oxygen atoms in total. The number of aryl methyl sites for hydroxylation is 1. The Morgan fingerprint density at radius 2 is 2.03 bits per heavy atom. The molecule has 0 N–H and O–H groups in total. The van der Waals surface area contributed by atoms with Gasteiger partial charge in [0.25, 0.3) is 5.91 Å². The average Bonchev–Trinajstić information content (AvgIpc) is 3.27. The van der Waals surface area contributed by atoms with Gasteiger partial charge < -0.3 is 9.80 Å². The van der Waals surface area contributed by atoms with Crippen molar-refractivity contribution in [3.05, 3.63) is 57.8 Å². The SMILES string of the molecule is Cc1csc(N2CCCN(C(=O)c3cnn(-c4cccc(Cl)c4)c3C(C)C)CC2)n1. The van der Waals surface area contributed by atoms with Crippen LogP contribution in [0.2, 0.25) is 5.02 Å². The zero-order valence-corrected chi connectivity index (χ0v) is 19.1. The largest absolute Gasteiger partial charge is 0.346 e. The van der Waals surface area contributed by atoms with E-state index in [4.69, 9.17) is 11.6 Å². The van der Waals surface area contributed by atoms with Gasteiger partial charge in [0.2, 0.25) is 0 Å². The minimum absolute atomic E-state index is 0.0455. The van der Waals surface area contributed by atoms with E-state index in [2.05, 4.69) is 34.2 Å². The van der Waals surface area contributed by atoms with E-state index in [0.29, 0.717) is 17.1 Å². The summed E-state index contributed by atoms with van der Waals surface area (Å²) in [5, 5.41) is 8.31. The van der Waals surface area contributed by atoms with Crippen LogP contribution in [-0.4, -0.2) is 51.8 Å². The number of rotatable bonds is 4. The van der Waals surface area contributed by atoms with Crippen LogP contribution in [-0.2, 0) is 0 Å². The Morgan fingerprint density at radius 3 is 2.73 bits per heavy atom. The highest BCUT2D eigenvalue weighted by molar-refractivity contribution is 7.13. The number of hydrogen-bond donors (Lipinski definition) is 0. The van der Waals surface area contributed by atoms with Crippen molar-refractivity contribution in [2.45, 2.75) is 33.1 Å². The van der Waals surface area contributed by atoms with Gasteiger partial charge in [-0.1, -0.05) is 31.5 Å². The molecule has 158 valence electrons. The van der Waals surface area contributed by atoms with Gasteiger partial charge in [-0.15, -0.1) is 11.3 Å². The monoisotopic (exact) mass is 443 g/mol. The van der Waals surface area contributed by atoms with E-state index in [0.717, 1.165) is 48.3 Å². The number of halogens is 1. The molecule has 2 aromatic heterocycles. The maximum absolute atomic E-state index is 13.5. The Hall–Kier alpha value is -2.38. The molecular formula is C22H26ClN5OS. The van der Waals surface area contributed by atoms with Crippen LogP contribution in [0.3, 0.4) is 0 Å². The molecule has 0 saturated carbocycles. The molecule has 0 atom stereocenters. The van der Waals surface area contributed by atoms with Crippen LogP contribution in [0, 0.1) is 6.92 Å². The molecule has 0 radical (unpaired) electrons. The molecule has 1 fully saturated rings. The lowest BCUT2D eigenvalue weighted by atomic mass is 10.0. The summed E-state index contributed by atoms with van der Waals surface area (Å²) in [5.41, 5.74) is 3.50. The summed E-state index contributed by atoms with van der Waals surface area (Å²) in [7, 11) is 0. The van der Waals surface area contributed by atoms with Gasteiger partial charge >= 0.3 is 0 Å². The number of carbonyl (C=O) groups excluding carboxylic acids is 1. The molecule has 1 aromatic carbocycles. The predicted octanol–water partition coefficient (Wildman–Crippen LogP) is 4.77. The van der Waals surface area contributed by atoms with E-state index in [-0.39, 0.29) is 11.8 Å². The summed E-state index contributed by atoms with van der Waals surface area (Å²) in [6, 6.07) is 7.56. The molecule has 1 amide bonds. The molecule has 0 spiro atoms. The summed E-state index contributed by atoms with van der Waals surface area (Å²) in [5.74, 6) is 0.191. The number of amides is 1. The third kappa shape index (κ3) is 4.23. The second kappa shape index (κ2) is 8.78. The lowest BCUT2D eigenvalue weighted by molar-refractivity contribution is 0.0765. The summed E-state index contributed by atoms with van der Waals surface area (Å²) < 4.78 is 1.84. The zero-order chi connectivity index (χ0) is 21.3. The summed E-state index contributed by atoms with van der Waals surface area (Å²) in [6.45, 7) is 9.30. The highest BCUT2D eigenvalue weighted by Crippen LogP contribution is 2.27. The van der Waals surface area contributed by atoms with E-state index in [9.17, 15) is 4.79 Å².